The van der Waals surface area contributed by atoms with Gasteiger partial charge in [-0.3, -0.25) is 4.79 Å². The van der Waals surface area contributed by atoms with Gasteiger partial charge in [-0.05, 0) is 31.0 Å². The first-order valence-electron chi connectivity index (χ1n) is 5.86. The number of rotatable bonds is 3. The molecule has 0 unspecified atom stereocenters. The van der Waals surface area contributed by atoms with E-state index in [0.717, 1.165) is 18.7 Å². The standard InChI is InChI=1S/C14H16N2O/c1-2-3-4-8-16-14(17)12-6-5-11-7-9-15-13(11)10-12/h5-6,10,15H,4,7-9H2,1H3,(H,16,17). The van der Waals surface area contributed by atoms with Crippen molar-refractivity contribution in [2.24, 2.45) is 0 Å². The lowest BCUT2D eigenvalue weighted by Gasteiger charge is -2.05. The molecule has 17 heavy (non-hydrogen) atoms. The van der Waals surface area contributed by atoms with Crippen LogP contribution >= 0.6 is 0 Å². The Hall–Kier alpha value is -1.95. The zero-order valence-corrected chi connectivity index (χ0v) is 9.97. The Balaban J connectivity index is 1.96. The molecule has 88 valence electrons. The summed E-state index contributed by atoms with van der Waals surface area (Å²) in [6.45, 7) is 3.37. The third-order valence-electron chi connectivity index (χ3n) is 2.79. The van der Waals surface area contributed by atoms with Gasteiger partial charge in [-0.15, -0.1) is 11.8 Å². The van der Waals surface area contributed by atoms with Crippen molar-refractivity contribution >= 4 is 11.6 Å². The first kappa shape index (κ1) is 11.5. The average Bonchev–Trinajstić information content (AvgIpc) is 2.81. The van der Waals surface area contributed by atoms with Crippen LogP contribution in [0, 0.1) is 11.8 Å². The van der Waals surface area contributed by atoms with Crippen LogP contribution in [0.2, 0.25) is 0 Å². The van der Waals surface area contributed by atoms with Gasteiger partial charge in [0, 0.05) is 30.8 Å². The van der Waals surface area contributed by atoms with Gasteiger partial charge in [0.2, 0.25) is 0 Å². The van der Waals surface area contributed by atoms with Crippen LogP contribution in [-0.2, 0) is 6.42 Å². The van der Waals surface area contributed by atoms with Crippen LogP contribution in [0.3, 0.4) is 0 Å². The first-order valence-corrected chi connectivity index (χ1v) is 5.86. The highest BCUT2D eigenvalue weighted by Crippen LogP contribution is 2.22. The SMILES string of the molecule is CC#CCCNC(=O)c1ccc2c(c1)NCC2. The van der Waals surface area contributed by atoms with Gasteiger partial charge < -0.3 is 10.6 Å². The van der Waals surface area contributed by atoms with Crippen LogP contribution < -0.4 is 10.6 Å². The second kappa shape index (κ2) is 5.40. The summed E-state index contributed by atoms with van der Waals surface area (Å²) in [5.41, 5.74) is 3.09. The lowest BCUT2D eigenvalue weighted by molar-refractivity contribution is 0.0954. The summed E-state index contributed by atoms with van der Waals surface area (Å²) >= 11 is 0. The average molecular weight is 228 g/mol. The zero-order chi connectivity index (χ0) is 12.1. The zero-order valence-electron chi connectivity index (χ0n) is 9.97. The summed E-state index contributed by atoms with van der Waals surface area (Å²) in [7, 11) is 0. The molecule has 1 amide bonds. The van der Waals surface area contributed by atoms with E-state index in [9.17, 15) is 4.79 Å². The van der Waals surface area contributed by atoms with E-state index >= 15 is 0 Å². The fourth-order valence-corrected chi connectivity index (χ4v) is 1.90. The lowest BCUT2D eigenvalue weighted by Crippen LogP contribution is -2.24. The Kier molecular flexibility index (Phi) is 3.66. The van der Waals surface area contributed by atoms with Crippen molar-refractivity contribution in [2.45, 2.75) is 19.8 Å². The molecular formula is C14H16N2O. The quantitative estimate of drug-likeness (QED) is 0.612. The Morgan fingerprint density at radius 1 is 1.53 bits per heavy atom. The molecule has 1 aromatic carbocycles. The van der Waals surface area contributed by atoms with Gasteiger partial charge in [0.15, 0.2) is 0 Å². The molecule has 1 aromatic rings. The van der Waals surface area contributed by atoms with Crippen molar-refractivity contribution in [3.63, 3.8) is 0 Å². The molecule has 3 nitrogen and oxygen atoms in total. The van der Waals surface area contributed by atoms with Gasteiger partial charge in [-0.1, -0.05) is 6.07 Å². The molecule has 1 aliphatic rings. The maximum atomic E-state index is 11.8. The number of hydrogen-bond donors (Lipinski definition) is 2. The molecular weight excluding hydrogens is 212 g/mol. The number of nitrogens with one attached hydrogen (secondary N) is 2. The number of anilines is 1. The van der Waals surface area contributed by atoms with E-state index in [4.69, 9.17) is 0 Å². The second-order valence-electron chi connectivity index (χ2n) is 3.98. The molecule has 0 saturated heterocycles. The normalized spacial score (nSPS) is 12.1. The minimum atomic E-state index is -0.0283. The van der Waals surface area contributed by atoms with Crippen LogP contribution in [0.25, 0.3) is 0 Å². The summed E-state index contributed by atoms with van der Waals surface area (Å²) in [6.07, 6.45) is 1.74. The summed E-state index contributed by atoms with van der Waals surface area (Å²) in [5.74, 6) is 5.70. The van der Waals surface area contributed by atoms with Gasteiger partial charge >= 0.3 is 0 Å². The Morgan fingerprint density at radius 2 is 2.41 bits per heavy atom. The van der Waals surface area contributed by atoms with Crippen molar-refractivity contribution in [3.05, 3.63) is 29.3 Å². The smallest absolute Gasteiger partial charge is 0.251 e. The maximum absolute atomic E-state index is 11.8. The predicted molar refractivity (Wildman–Crippen MR) is 69.0 cm³/mol. The summed E-state index contributed by atoms with van der Waals surface area (Å²) < 4.78 is 0. The van der Waals surface area contributed by atoms with E-state index in [1.165, 1.54) is 5.56 Å². The van der Waals surface area contributed by atoms with Gasteiger partial charge in [0.1, 0.15) is 0 Å². The number of fused-ring (bicyclic) bond motifs is 1. The largest absolute Gasteiger partial charge is 0.384 e. The fourth-order valence-electron chi connectivity index (χ4n) is 1.90. The molecule has 0 saturated carbocycles. The molecule has 0 aliphatic carbocycles. The molecule has 0 spiro atoms. The van der Waals surface area contributed by atoms with Gasteiger partial charge in [0.05, 0.1) is 0 Å². The van der Waals surface area contributed by atoms with Crippen LogP contribution in [0.1, 0.15) is 29.3 Å². The molecule has 0 radical (unpaired) electrons. The van der Waals surface area contributed by atoms with Crippen LogP contribution in [0.4, 0.5) is 5.69 Å². The topological polar surface area (TPSA) is 41.1 Å². The highest BCUT2D eigenvalue weighted by molar-refractivity contribution is 5.95. The van der Waals surface area contributed by atoms with Gasteiger partial charge in [-0.2, -0.15) is 0 Å². The number of amides is 1. The van der Waals surface area contributed by atoms with Crippen molar-refractivity contribution < 1.29 is 4.79 Å². The molecule has 0 atom stereocenters. The van der Waals surface area contributed by atoms with Crippen molar-refractivity contribution in [1.82, 2.24) is 5.32 Å². The molecule has 0 bridgehead atoms. The lowest BCUT2D eigenvalue weighted by atomic mass is 10.1. The summed E-state index contributed by atoms with van der Waals surface area (Å²) in [5, 5.41) is 6.13. The van der Waals surface area contributed by atoms with Crippen molar-refractivity contribution in [3.8, 4) is 11.8 Å². The number of carbonyl (C=O) groups excluding carboxylic acids is 1. The molecule has 3 heteroatoms. The molecule has 1 heterocycles. The maximum Gasteiger partial charge on any atom is 0.251 e. The predicted octanol–water partition coefficient (Wildman–Crippen LogP) is 1.80. The highest BCUT2D eigenvalue weighted by Gasteiger charge is 2.12. The third-order valence-corrected chi connectivity index (χ3v) is 2.79. The third kappa shape index (κ3) is 2.79. The monoisotopic (exact) mass is 228 g/mol. The van der Waals surface area contributed by atoms with Crippen LogP contribution in [-0.4, -0.2) is 19.0 Å². The summed E-state index contributed by atoms with van der Waals surface area (Å²) in [6, 6.07) is 5.83. The van der Waals surface area contributed by atoms with Crippen molar-refractivity contribution in [2.75, 3.05) is 18.4 Å². The Morgan fingerprint density at radius 3 is 3.24 bits per heavy atom. The van der Waals surface area contributed by atoms with E-state index < -0.39 is 0 Å². The van der Waals surface area contributed by atoms with Crippen LogP contribution in [0.15, 0.2) is 18.2 Å². The van der Waals surface area contributed by atoms with E-state index in [1.54, 1.807) is 6.92 Å². The molecule has 1 aliphatic heterocycles. The van der Waals surface area contributed by atoms with Gasteiger partial charge in [0.25, 0.3) is 5.91 Å². The van der Waals surface area contributed by atoms with Crippen molar-refractivity contribution in [1.29, 1.82) is 0 Å². The van der Waals surface area contributed by atoms with E-state index in [2.05, 4.69) is 22.5 Å². The van der Waals surface area contributed by atoms with E-state index in [1.807, 2.05) is 18.2 Å². The summed E-state index contributed by atoms with van der Waals surface area (Å²) in [4.78, 5) is 11.8. The second-order valence-corrected chi connectivity index (χ2v) is 3.98. The van der Waals surface area contributed by atoms with Crippen LogP contribution in [0.5, 0.6) is 0 Å². The number of carbonyl (C=O) groups is 1. The minimum Gasteiger partial charge on any atom is -0.384 e. The first-order chi connectivity index (χ1) is 8.31. The highest BCUT2D eigenvalue weighted by atomic mass is 16.1. The fraction of sp³-hybridized carbons (Fsp3) is 0.357. The van der Waals surface area contributed by atoms with Gasteiger partial charge in [-0.25, -0.2) is 0 Å². The Labute approximate surface area is 102 Å². The number of benzene rings is 1. The molecule has 2 N–H and O–H groups in total. The number of hydrogen-bond acceptors (Lipinski definition) is 2. The van der Waals surface area contributed by atoms with E-state index in [0.29, 0.717) is 18.5 Å². The van der Waals surface area contributed by atoms with E-state index in [-0.39, 0.29) is 5.91 Å². The molecule has 2 rings (SSSR count). The molecule has 0 aromatic heterocycles. The minimum absolute atomic E-state index is 0.0283. The molecule has 0 fully saturated rings. The Bertz CT molecular complexity index is 483.